The first-order valence-electron chi connectivity index (χ1n) is 3.74. The van der Waals surface area contributed by atoms with Crippen LogP contribution in [0.5, 0.6) is 0 Å². The molecular formula is C7H14N2. The minimum absolute atomic E-state index is 0.875. The highest BCUT2D eigenvalue weighted by Gasteiger charge is 2.39. The zero-order valence-corrected chi connectivity index (χ0v) is 6.17. The highest BCUT2D eigenvalue weighted by Crippen LogP contribution is 2.34. The van der Waals surface area contributed by atoms with E-state index >= 15 is 0 Å². The second-order valence-electron chi connectivity index (χ2n) is 3.27. The summed E-state index contributed by atoms with van der Waals surface area (Å²) in [6, 6.07) is 1.75. The molecule has 1 aliphatic carbocycles. The minimum atomic E-state index is 0.875. The molecule has 0 aromatic heterocycles. The van der Waals surface area contributed by atoms with Crippen LogP contribution in [-0.4, -0.2) is 36.2 Å². The fourth-order valence-electron chi connectivity index (χ4n) is 2.13. The predicted molar refractivity (Wildman–Crippen MR) is 37.0 cm³/mol. The summed E-state index contributed by atoms with van der Waals surface area (Å²) < 4.78 is 0. The molecule has 2 atom stereocenters. The van der Waals surface area contributed by atoms with E-state index in [1.165, 1.54) is 19.3 Å². The maximum Gasteiger partial charge on any atom is 0.0258 e. The zero-order chi connectivity index (χ0) is 6.43. The number of fused-ring (bicyclic) bond motifs is 2. The third-order valence-electron chi connectivity index (χ3n) is 2.93. The molecule has 2 heteroatoms. The Labute approximate surface area is 56.4 Å². The molecule has 9 heavy (non-hydrogen) atoms. The third kappa shape index (κ3) is 0.634. The maximum absolute atomic E-state index is 2.38. The van der Waals surface area contributed by atoms with Crippen LogP contribution in [0.15, 0.2) is 0 Å². The molecule has 2 bridgehead atoms. The van der Waals surface area contributed by atoms with Gasteiger partial charge in [0, 0.05) is 26.2 Å². The number of hydrogen-bond acceptors (Lipinski definition) is 2. The molecule has 0 aromatic carbocycles. The van der Waals surface area contributed by atoms with Crippen molar-refractivity contribution in [1.29, 1.82) is 0 Å². The number of rotatable bonds is 0. The van der Waals surface area contributed by atoms with Gasteiger partial charge < -0.3 is 0 Å². The van der Waals surface area contributed by atoms with Gasteiger partial charge in [0.25, 0.3) is 0 Å². The van der Waals surface area contributed by atoms with Gasteiger partial charge in [-0.25, -0.2) is 10.0 Å². The number of nitrogens with zero attached hydrogens (tertiary/aromatic N) is 2. The topological polar surface area (TPSA) is 6.48 Å². The summed E-state index contributed by atoms with van der Waals surface area (Å²) in [5.41, 5.74) is 0. The summed E-state index contributed by atoms with van der Waals surface area (Å²) in [6.45, 7) is 0. The molecule has 0 N–H and O–H groups in total. The predicted octanol–water partition coefficient (Wildman–Crippen LogP) is 0.700. The van der Waals surface area contributed by atoms with Crippen LogP contribution in [0, 0.1) is 0 Å². The average molecular weight is 126 g/mol. The summed E-state index contributed by atoms with van der Waals surface area (Å²) in [6.07, 6.45) is 4.25. The Hall–Kier alpha value is -0.0800. The molecule has 2 nitrogen and oxygen atoms in total. The fraction of sp³-hybridized carbons (Fsp3) is 1.00. The van der Waals surface area contributed by atoms with E-state index in [0.29, 0.717) is 0 Å². The molecule has 52 valence electrons. The van der Waals surface area contributed by atoms with Crippen LogP contribution in [0.4, 0.5) is 0 Å². The highest BCUT2D eigenvalue weighted by molar-refractivity contribution is 4.91. The molecule has 0 aromatic rings. The number of hydrazine groups is 1. The summed E-state index contributed by atoms with van der Waals surface area (Å²) in [5.74, 6) is 0. The van der Waals surface area contributed by atoms with E-state index in [2.05, 4.69) is 24.1 Å². The van der Waals surface area contributed by atoms with Gasteiger partial charge in [0.05, 0.1) is 0 Å². The standard InChI is InChI=1S/C7H14N2/c1-8-6-3-4-7(5-6)9(8)2/h6-7H,3-5H2,1-2H3/t6-,7+. The second-order valence-corrected chi connectivity index (χ2v) is 3.27. The monoisotopic (exact) mass is 126 g/mol. The Kier molecular flexibility index (Phi) is 1.08. The van der Waals surface area contributed by atoms with Crippen LogP contribution in [-0.2, 0) is 0 Å². The van der Waals surface area contributed by atoms with Gasteiger partial charge >= 0.3 is 0 Å². The second kappa shape index (κ2) is 1.70. The van der Waals surface area contributed by atoms with Crippen LogP contribution in [0.25, 0.3) is 0 Å². The first-order valence-corrected chi connectivity index (χ1v) is 3.74. The van der Waals surface area contributed by atoms with Crippen molar-refractivity contribution in [3.05, 3.63) is 0 Å². The summed E-state index contributed by atoms with van der Waals surface area (Å²) in [5, 5.41) is 4.77. The van der Waals surface area contributed by atoms with Gasteiger partial charge in [0.1, 0.15) is 0 Å². The van der Waals surface area contributed by atoms with Gasteiger partial charge in [-0.3, -0.25) is 0 Å². The van der Waals surface area contributed by atoms with Crippen molar-refractivity contribution in [1.82, 2.24) is 10.0 Å². The summed E-state index contributed by atoms with van der Waals surface area (Å²) in [4.78, 5) is 0. The normalized spacial score (nSPS) is 44.7. The first kappa shape index (κ1) is 5.69. The van der Waals surface area contributed by atoms with Crippen molar-refractivity contribution < 1.29 is 0 Å². The largest absolute Gasteiger partial charge is 0.242 e. The SMILES string of the molecule is CN1[C@@H]2CC[C@@H](C2)N1C. The summed E-state index contributed by atoms with van der Waals surface area (Å²) >= 11 is 0. The smallest absolute Gasteiger partial charge is 0.0258 e. The Bertz CT molecular complexity index is 106. The van der Waals surface area contributed by atoms with Crippen LogP contribution in [0.2, 0.25) is 0 Å². The van der Waals surface area contributed by atoms with E-state index in [-0.39, 0.29) is 0 Å². The third-order valence-corrected chi connectivity index (χ3v) is 2.93. The van der Waals surface area contributed by atoms with Gasteiger partial charge in [0.2, 0.25) is 0 Å². The van der Waals surface area contributed by atoms with Gasteiger partial charge in [0.15, 0.2) is 0 Å². The Balaban J connectivity index is 2.15. The van der Waals surface area contributed by atoms with Gasteiger partial charge in [-0.15, -0.1) is 0 Å². The quantitative estimate of drug-likeness (QED) is 0.471. The molecule has 0 radical (unpaired) electrons. The lowest BCUT2D eigenvalue weighted by molar-refractivity contribution is -0.00457. The number of hydrogen-bond donors (Lipinski definition) is 0. The molecule has 2 fully saturated rings. The van der Waals surface area contributed by atoms with Gasteiger partial charge in [-0.05, 0) is 19.3 Å². The molecule has 1 heterocycles. The zero-order valence-electron chi connectivity index (χ0n) is 6.17. The molecular weight excluding hydrogens is 112 g/mol. The van der Waals surface area contributed by atoms with Crippen molar-refractivity contribution in [3.63, 3.8) is 0 Å². The van der Waals surface area contributed by atoms with Crippen LogP contribution >= 0.6 is 0 Å². The van der Waals surface area contributed by atoms with Crippen molar-refractivity contribution in [2.75, 3.05) is 14.1 Å². The Morgan fingerprint density at radius 2 is 1.44 bits per heavy atom. The molecule has 2 aliphatic rings. The molecule has 1 aliphatic heterocycles. The van der Waals surface area contributed by atoms with Crippen LogP contribution in [0.3, 0.4) is 0 Å². The van der Waals surface area contributed by atoms with E-state index in [1.54, 1.807) is 0 Å². The van der Waals surface area contributed by atoms with Crippen molar-refractivity contribution in [3.8, 4) is 0 Å². The van der Waals surface area contributed by atoms with E-state index in [0.717, 1.165) is 12.1 Å². The van der Waals surface area contributed by atoms with Gasteiger partial charge in [-0.2, -0.15) is 0 Å². The van der Waals surface area contributed by atoms with Crippen LogP contribution in [0.1, 0.15) is 19.3 Å². The molecule has 1 saturated heterocycles. The average Bonchev–Trinajstić information content (AvgIpc) is 2.37. The molecule has 0 spiro atoms. The minimum Gasteiger partial charge on any atom is -0.242 e. The van der Waals surface area contributed by atoms with E-state index in [4.69, 9.17) is 0 Å². The lowest BCUT2D eigenvalue weighted by Crippen LogP contribution is -2.41. The van der Waals surface area contributed by atoms with Crippen LogP contribution < -0.4 is 0 Å². The fourth-order valence-corrected chi connectivity index (χ4v) is 2.13. The lowest BCUT2D eigenvalue weighted by Gasteiger charge is -2.31. The molecule has 1 saturated carbocycles. The summed E-state index contributed by atoms with van der Waals surface area (Å²) in [7, 11) is 4.40. The van der Waals surface area contributed by atoms with E-state index in [1.807, 2.05) is 0 Å². The van der Waals surface area contributed by atoms with Crippen molar-refractivity contribution in [2.24, 2.45) is 0 Å². The van der Waals surface area contributed by atoms with E-state index in [9.17, 15) is 0 Å². The van der Waals surface area contributed by atoms with Crippen molar-refractivity contribution >= 4 is 0 Å². The van der Waals surface area contributed by atoms with E-state index < -0.39 is 0 Å². The molecule has 0 amide bonds. The first-order chi connectivity index (χ1) is 4.29. The maximum atomic E-state index is 2.38. The van der Waals surface area contributed by atoms with Crippen molar-refractivity contribution in [2.45, 2.75) is 31.3 Å². The molecule has 2 rings (SSSR count). The lowest BCUT2D eigenvalue weighted by atomic mass is 10.2. The Morgan fingerprint density at radius 1 is 1.00 bits per heavy atom. The Morgan fingerprint density at radius 3 is 1.67 bits per heavy atom. The molecule has 0 unspecified atom stereocenters. The highest BCUT2D eigenvalue weighted by atomic mass is 15.7. The van der Waals surface area contributed by atoms with Gasteiger partial charge in [-0.1, -0.05) is 0 Å².